The summed E-state index contributed by atoms with van der Waals surface area (Å²) in [6.07, 6.45) is 1.56. The zero-order valence-electron chi connectivity index (χ0n) is 16.4. The fourth-order valence-electron chi connectivity index (χ4n) is 3.54. The molecule has 0 bridgehead atoms. The molecule has 0 atom stereocenters. The molecule has 0 fully saturated rings. The van der Waals surface area contributed by atoms with E-state index in [0.29, 0.717) is 45.4 Å². The van der Waals surface area contributed by atoms with Crippen molar-refractivity contribution in [1.82, 2.24) is 19.9 Å². The number of amides is 1. The second kappa shape index (κ2) is 7.77. The number of nitrogens with one attached hydrogen (secondary N) is 1. The Morgan fingerprint density at radius 1 is 1.03 bits per heavy atom. The average Bonchev–Trinajstić information content (AvgIpc) is 3.39. The largest absolute Gasteiger partial charge is 0.467 e. The lowest BCUT2D eigenvalue weighted by Gasteiger charge is -2.08. The lowest BCUT2D eigenvalue weighted by molar-refractivity contribution is 0.0950. The van der Waals surface area contributed by atoms with E-state index < -0.39 is 0 Å². The SMILES string of the molecule is Nc1c(C(=O)NCc2ccco2)c2nc3ccccc3nc2n1Cc1ccc(Cl)cc1. The van der Waals surface area contributed by atoms with Crippen LogP contribution < -0.4 is 11.1 Å². The quantitative estimate of drug-likeness (QED) is 0.430. The number of benzene rings is 2. The molecule has 3 heterocycles. The molecule has 0 saturated heterocycles. The van der Waals surface area contributed by atoms with Crippen molar-refractivity contribution >= 4 is 45.5 Å². The molecular weight excluding hydrogens is 414 g/mol. The van der Waals surface area contributed by atoms with Crippen molar-refractivity contribution < 1.29 is 9.21 Å². The van der Waals surface area contributed by atoms with Crippen LogP contribution in [0, 0.1) is 0 Å². The minimum atomic E-state index is -0.335. The molecular formula is C23H18ClN5O2. The molecule has 8 heteroatoms. The number of hydrogen-bond donors (Lipinski definition) is 2. The third kappa shape index (κ3) is 3.60. The number of aromatic nitrogens is 3. The summed E-state index contributed by atoms with van der Waals surface area (Å²) in [6.45, 7) is 0.675. The molecule has 5 aromatic rings. The number of anilines is 1. The predicted octanol–water partition coefficient (Wildman–Crippen LogP) is 4.39. The van der Waals surface area contributed by atoms with E-state index in [1.54, 1.807) is 23.0 Å². The zero-order valence-corrected chi connectivity index (χ0v) is 17.1. The molecule has 154 valence electrons. The number of nitrogen functional groups attached to an aromatic ring is 1. The van der Waals surface area contributed by atoms with Crippen LogP contribution in [0.4, 0.5) is 5.82 Å². The second-order valence-corrected chi connectivity index (χ2v) is 7.56. The normalized spacial score (nSPS) is 11.3. The third-order valence-electron chi connectivity index (χ3n) is 5.08. The number of fused-ring (bicyclic) bond motifs is 2. The highest BCUT2D eigenvalue weighted by Gasteiger charge is 2.24. The van der Waals surface area contributed by atoms with Crippen LogP contribution >= 0.6 is 11.6 Å². The van der Waals surface area contributed by atoms with Crippen LogP contribution in [0.2, 0.25) is 5.02 Å². The van der Waals surface area contributed by atoms with E-state index in [0.717, 1.165) is 11.1 Å². The molecule has 0 spiro atoms. The Hall–Kier alpha value is -3.84. The topological polar surface area (TPSA) is 99.0 Å². The van der Waals surface area contributed by atoms with Crippen LogP contribution in [0.15, 0.2) is 71.3 Å². The van der Waals surface area contributed by atoms with E-state index in [2.05, 4.69) is 5.32 Å². The molecule has 3 aromatic heterocycles. The van der Waals surface area contributed by atoms with Crippen molar-refractivity contribution in [2.45, 2.75) is 13.1 Å². The third-order valence-corrected chi connectivity index (χ3v) is 5.33. The van der Waals surface area contributed by atoms with Crippen LogP contribution in [-0.4, -0.2) is 20.4 Å². The summed E-state index contributed by atoms with van der Waals surface area (Å²) in [5.74, 6) is 0.615. The van der Waals surface area contributed by atoms with Gasteiger partial charge in [0.2, 0.25) is 0 Å². The van der Waals surface area contributed by atoms with Gasteiger partial charge >= 0.3 is 0 Å². The van der Waals surface area contributed by atoms with Gasteiger partial charge in [0, 0.05) is 5.02 Å². The maximum Gasteiger partial charge on any atom is 0.257 e. The second-order valence-electron chi connectivity index (χ2n) is 7.12. The molecule has 0 saturated carbocycles. The van der Waals surface area contributed by atoms with E-state index in [9.17, 15) is 4.79 Å². The monoisotopic (exact) mass is 431 g/mol. The van der Waals surface area contributed by atoms with Gasteiger partial charge in [-0.15, -0.1) is 0 Å². The van der Waals surface area contributed by atoms with Gasteiger partial charge in [-0.2, -0.15) is 0 Å². The molecule has 0 aliphatic heterocycles. The number of nitrogens with two attached hydrogens (primary N) is 1. The molecule has 0 unspecified atom stereocenters. The first-order chi connectivity index (χ1) is 15.1. The summed E-state index contributed by atoms with van der Waals surface area (Å²) in [7, 11) is 0. The molecule has 0 radical (unpaired) electrons. The summed E-state index contributed by atoms with van der Waals surface area (Å²) in [5, 5.41) is 3.51. The minimum absolute atomic E-state index is 0.246. The number of carbonyl (C=O) groups excluding carboxylic acids is 1. The van der Waals surface area contributed by atoms with E-state index >= 15 is 0 Å². The van der Waals surface area contributed by atoms with Crippen LogP contribution in [0.1, 0.15) is 21.7 Å². The highest BCUT2D eigenvalue weighted by Crippen LogP contribution is 2.29. The minimum Gasteiger partial charge on any atom is -0.467 e. The fraction of sp³-hybridized carbons (Fsp3) is 0.0870. The van der Waals surface area contributed by atoms with Crippen molar-refractivity contribution in [3.63, 3.8) is 0 Å². The first kappa shape index (κ1) is 19.1. The van der Waals surface area contributed by atoms with Gasteiger partial charge in [-0.1, -0.05) is 35.9 Å². The number of rotatable bonds is 5. The summed E-state index contributed by atoms with van der Waals surface area (Å²) in [5.41, 5.74) is 10.2. The molecule has 0 aliphatic rings. The lowest BCUT2D eigenvalue weighted by Crippen LogP contribution is -2.23. The van der Waals surface area contributed by atoms with Crippen molar-refractivity contribution in [1.29, 1.82) is 0 Å². The Morgan fingerprint density at radius 2 is 1.77 bits per heavy atom. The predicted molar refractivity (Wildman–Crippen MR) is 120 cm³/mol. The van der Waals surface area contributed by atoms with Gasteiger partial charge in [0.05, 0.1) is 30.4 Å². The Bertz CT molecular complexity index is 1390. The lowest BCUT2D eigenvalue weighted by atomic mass is 10.2. The van der Waals surface area contributed by atoms with E-state index in [1.165, 1.54) is 0 Å². The molecule has 3 N–H and O–H groups in total. The van der Waals surface area contributed by atoms with Gasteiger partial charge in [-0.25, -0.2) is 9.97 Å². The zero-order chi connectivity index (χ0) is 21.4. The van der Waals surface area contributed by atoms with Crippen LogP contribution in [0.25, 0.3) is 22.2 Å². The summed E-state index contributed by atoms with van der Waals surface area (Å²) < 4.78 is 7.10. The van der Waals surface area contributed by atoms with Gasteiger partial charge in [0.1, 0.15) is 22.7 Å². The molecule has 31 heavy (non-hydrogen) atoms. The van der Waals surface area contributed by atoms with Crippen LogP contribution in [0.3, 0.4) is 0 Å². The number of carbonyl (C=O) groups is 1. The van der Waals surface area contributed by atoms with Gasteiger partial charge in [0.15, 0.2) is 5.65 Å². The number of halogens is 1. The standard InChI is InChI=1S/C23H18ClN5O2/c24-15-9-7-14(8-10-15)13-29-21(25)19(23(30)26-12-16-4-3-11-31-16)20-22(29)28-18-6-2-1-5-17(18)27-20/h1-11H,12-13,25H2,(H,26,30). The summed E-state index contributed by atoms with van der Waals surface area (Å²) >= 11 is 6.01. The summed E-state index contributed by atoms with van der Waals surface area (Å²) in [6, 6.07) is 18.5. The van der Waals surface area contributed by atoms with Gasteiger partial charge in [0.25, 0.3) is 5.91 Å². The van der Waals surface area contributed by atoms with E-state index in [4.69, 9.17) is 31.7 Å². The number of furan rings is 1. The molecule has 5 rings (SSSR count). The highest BCUT2D eigenvalue weighted by atomic mass is 35.5. The van der Waals surface area contributed by atoms with Crippen LogP contribution in [-0.2, 0) is 13.1 Å². The van der Waals surface area contributed by atoms with Crippen molar-refractivity contribution in [3.05, 3.63) is 88.8 Å². The highest BCUT2D eigenvalue weighted by molar-refractivity contribution is 6.30. The Kier molecular flexibility index (Phi) is 4.80. The van der Waals surface area contributed by atoms with Crippen LogP contribution in [0.5, 0.6) is 0 Å². The van der Waals surface area contributed by atoms with Gasteiger partial charge in [-0.3, -0.25) is 4.79 Å². The van der Waals surface area contributed by atoms with Gasteiger partial charge < -0.3 is 20.0 Å². The Balaban J connectivity index is 1.62. The Labute approximate surface area is 182 Å². The maximum absolute atomic E-state index is 13.1. The maximum atomic E-state index is 13.1. The molecule has 1 amide bonds. The fourth-order valence-corrected chi connectivity index (χ4v) is 3.67. The Morgan fingerprint density at radius 3 is 2.48 bits per heavy atom. The number of hydrogen-bond acceptors (Lipinski definition) is 5. The van der Waals surface area contributed by atoms with Crippen molar-refractivity contribution in [2.75, 3.05) is 5.73 Å². The van der Waals surface area contributed by atoms with E-state index in [1.807, 2.05) is 48.5 Å². The smallest absolute Gasteiger partial charge is 0.257 e. The number of para-hydroxylation sites is 2. The molecule has 0 aliphatic carbocycles. The first-order valence-corrected chi connectivity index (χ1v) is 10.1. The van der Waals surface area contributed by atoms with Crippen molar-refractivity contribution in [3.8, 4) is 0 Å². The van der Waals surface area contributed by atoms with E-state index in [-0.39, 0.29) is 12.5 Å². The molecule has 2 aromatic carbocycles. The average molecular weight is 432 g/mol. The van der Waals surface area contributed by atoms with Crippen molar-refractivity contribution in [2.24, 2.45) is 0 Å². The molecule has 7 nitrogen and oxygen atoms in total. The number of nitrogens with zero attached hydrogens (tertiary/aromatic N) is 3. The van der Waals surface area contributed by atoms with Gasteiger partial charge in [-0.05, 0) is 42.0 Å². The first-order valence-electron chi connectivity index (χ1n) is 9.69. The summed E-state index contributed by atoms with van der Waals surface area (Å²) in [4.78, 5) is 22.6.